The number of ether oxygens (including phenoxy) is 3. The molecule has 35 heavy (non-hydrogen) atoms. The van der Waals surface area contributed by atoms with Crippen LogP contribution in [-0.4, -0.2) is 31.4 Å². The molecule has 0 fully saturated rings. The van der Waals surface area contributed by atoms with E-state index in [1.165, 1.54) is 30.9 Å². The number of nitrogens with zero attached hydrogens (tertiary/aromatic N) is 2. The molecule has 0 amide bonds. The third kappa shape index (κ3) is 4.54. The first kappa shape index (κ1) is 24.2. The molecule has 1 aromatic heterocycles. The minimum Gasteiger partial charge on any atom is -0.493 e. The van der Waals surface area contributed by atoms with E-state index in [0.717, 1.165) is 11.3 Å². The number of thiazole rings is 1. The Morgan fingerprint density at radius 3 is 2.69 bits per heavy atom. The highest BCUT2D eigenvalue weighted by Gasteiger charge is 2.33. The quantitative estimate of drug-likeness (QED) is 0.373. The van der Waals surface area contributed by atoms with Gasteiger partial charge in [-0.2, -0.15) is 0 Å². The monoisotopic (exact) mass is 494 g/mol. The van der Waals surface area contributed by atoms with Crippen LogP contribution < -0.4 is 24.4 Å². The molecule has 0 saturated heterocycles. The van der Waals surface area contributed by atoms with E-state index in [0.29, 0.717) is 27.6 Å². The van der Waals surface area contributed by atoms with E-state index in [-0.39, 0.29) is 22.3 Å². The van der Waals surface area contributed by atoms with Crippen molar-refractivity contribution in [1.82, 2.24) is 4.57 Å². The topological polar surface area (TPSA) is 79.1 Å². The van der Waals surface area contributed by atoms with E-state index in [4.69, 9.17) is 14.2 Å². The molecule has 0 aliphatic carbocycles. The van der Waals surface area contributed by atoms with Gasteiger partial charge in [-0.05, 0) is 36.8 Å². The summed E-state index contributed by atoms with van der Waals surface area (Å²) in [6.07, 6.45) is 3.10. The summed E-state index contributed by atoms with van der Waals surface area (Å²) >= 11 is 1.12. The summed E-state index contributed by atoms with van der Waals surface area (Å²) < 4.78 is 32.1. The van der Waals surface area contributed by atoms with Gasteiger partial charge >= 0.3 is 5.97 Å². The maximum atomic E-state index is 14.3. The average molecular weight is 495 g/mol. The van der Waals surface area contributed by atoms with E-state index >= 15 is 0 Å². The number of carbonyl (C=O) groups excluding carboxylic acids is 1. The third-order valence-corrected chi connectivity index (χ3v) is 6.46. The Morgan fingerprint density at radius 2 is 2.00 bits per heavy atom. The Hall–Kier alpha value is -3.98. The number of aromatic nitrogens is 1. The highest BCUT2D eigenvalue weighted by Crippen LogP contribution is 2.36. The number of hydrogen-bond acceptors (Lipinski definition) is 7. The van der Waals surface area contributed by atoms with Gasteiger partial charge in [0, 0.05) is 5.56 Å². The van der Waals surface area contributed by atoms with E-state index < -0.39 is 23.4 Å². The molecule has 3 aromatic rings. The molecule has 0 bridgehead atoms. The molecule has 4 rings (SSSR count). The molecule has 7 nitrogen and oxygen atoms in total. The second-order valence-corrected chi connectivity index (χ2v) is 8.61. The lowest BCUT2D eigenvalue weighted by molar-refractivity contribution is -0.136. The number of esters is 1. The normalized spacial score (nSPS) is 15.3. The Labute approximate surface area is 204 Å². The Balaban J connectivity index is 1.95. The fraction of sp³-hybridized carbons (Fsp3) is 0.192. The van der Waals surface area contributed by atoms with Gasteiger partial charge in [0.05, 0.1) is 36.1 Å². The molecule has 0 N–H and O–H groups in total. The van der Waals surface area contributed by atoms with Gasteiger partial charge in [-0.25, -0.2) is 14.2 Å². The van der Waals surface area contributed by atoms with Crippen LogP contribution in [0.2, 0.25) is 0 Å². The van der Waals surface area contributed by atoms with Crippen LogP contribution >= 0.6 is 11.3 Å². The zero-order valence-corrected chi connectivity index (χ0v) is 20.2. The molecule has 1 unspecified atom stereocenters. The van der Waals surface area contributed by atoms with Gasteiger partial charge in [-0.1, -0.05) is 48.3 Å². The third-order valence-electron chi connectivity index (χ3n) is 5.48. The van der Waals surface area contributed by atoms with Crippen molar-refractivity contribution in [2.24, 2.45) is 4.99 Å². The van der Waals surface area contributed by atoms with Crippen LogP contribution in [0.4, 0.5) is 4.39 Å². The van der Waals surface area contributed by atoms with E-state index in [1.807, 2.05) is 0 Å². The zero-order valence-electron chi connectivity index (χ0n) is 19.4. The lowest BCUT2D eigenvalue weighted by atomic mass is 9.95. The molecule has 1 aliphatic rings. The van der Waals surface area contributed by atoms with Gasteiger partial charge in [-0.3, -0.25) is 9.36 Å². The highest BCUT2D eigenvalue weighted by atomic mass is 32.1. The van der Waals surface area contributed by atoms with Gasteiger partial charge in [0.2, 0.25) is 0 Å². The van der Waals surface area contributed by atoms with E-state index in [2.05, 4.69) is 11.6 Å². The minimum absolute atomic E-state index is 0.221. The summed E-state index contributed by atoms with van der Waals surface area (Å²) in [6.45, 7) is 5.62. The second kappa shape index (κ2) is 10.1. The molecule has 0 spiro atoms. The number of fused-ring (bicyclic) bond motifs is 1. The molecule has 1 atom stereocenters. The smallest absolute Gasteiger partial charge is 0.338 e. The van der Waals surface area contributed by atoms with Crippen molar-refractivity contribution in [2.75, 3.05) is 20.8 Å². The number of methoxy groups -OCH3 is 2. The number of carbonyl (C=O) groups is 1. The first-order valence-electron chi connectivity index (χ1n) is 10.7. The zero-order chi connectivity index (χ0) is 25.1. The number of halogens is 1. The lowest BCUT2D eigenvalue weighted by Gasteiger charge is -2.25. The number of allylic oxidation sites excluding steroid dienone is 1. The highest BCUT2D eigenvalue weighted by molar-refractivity contribution is 7.07. The maximum Gasteiger partial charge on any atom is 0.338 e. The Bertz CT molecular complexity index is 1520. The Kier molecular flexibility index (Phi) is 6.97. The lowest BCUT2D eigenvalue weighted by Crippen LogP contribution is -2.39. The number of benzene rings is 2. The van der Waals surface area contributed by atoms with Gasteiger partial charge in [0.1, 0.15) is 12.4 Å². The molecular formula is C26H23FN2O5S. The van der Waals surface area contributed by atoms with Crippen molar-refractivity contribution >= 4 is 23.4 Å². The van der Waals surface area contributed by atoms with Crippen LogP contribution in [0.5, 0.6) is 11.5 Å². The molecule has 0 radical (unpaired) electrons. The van der Waals surface area contributed by atoms with Crippen LogP contribution in [-0.2, 0) is 9.53 Å². The number of rotatable bonds is 7. The molecular weight excluding hydrogens is 471 g/mol. The minimum atomic E-state index is -0.830. The van der Waals surface area contributed by atoms with E-state index in [1.54, 1.807) is 49.4 Å². The molecule has 2 aromatic carbocycles. The standard InChI is InChI=1S/C26H23FN2O5S/c1-5-12-34-19-11-10-17(13-20(19)32-3)23-22(25(31)33-4)15(2)28-26-29(23)24(30)21(35-26)14-16-8-6-7-9-18(16)27/h5-11,13-14,23H,1,12H2,2-4H3/b21-14-. The first-order valence-corrected chi connectivity index (χ1v) is 11.5. The predicted molar refractivity (Wildman–Crippen MR) is 131 cm³/mol. The van der Waals surface area contributed by atoms with E-state index in [9.17, 15) is 14.0 Å². The molecule has 0 saturated carbocycles. The molecule has 2 heterocycles. The van der Waals surface area contributed by atoms with Gasteiger partial charge in [0.25, 0.3) is 5.56 Å². The maximum absolute atomic E-state index is 14.3. The molecule has 1 aliphatic heterocycles. The summed E-state index contributed by atoms with van der Waals surface area (Å²) in [7, 11) is 2.78. The first-order chi connectivity index (χ1) is 16.9. The van der Waals surface area contributed by atoms with Crippen molar-refractivity contribution in [2.45, 2.75) is 13.0 Å². The SMILES string of the molecule is C=CCOc1ccc(C2C(C(=O)OC)=C(C)N=c3s/c(=C\c4ccccc4F)c(=O)n32)cc1OC. The fourth-order valence-electron chi connectivity index (χ4n) is 3.86. The van der Waals surface area contributed by atoms with Crippen molar-refractivity contribution in [3.05, 3.63) is 103 Å². The van der Waals surface area contributed by atoms with Gasteiger partial charge in [-0.15, -0.1) is 0 Å². The van der Waals surface area contributed by atoms with Crippen LogP contribution in [0.1, 0.15) is 24.1 Å². The molecule has 180 valence electrons. The number of hydrogen-bond donors (Lipinski definition) is 0. The van der Waals surface area contributed by atoms with Crippen LogP contribution in [0.25, 0.3) is 6.08 Å². The fourth-order valence-corrected chi connectivity index (χ4v) is 4.90. The summed E-state index contributed by atoms with van der Waals surface area (Å²) in [6, 6.07) is 10.5. The van der Waals surface area contributed by atoms with Crippen molar-refractivity contribution < 1.29 is 23.4 Å². The summed E-state index contributed by atoms with van der Waals surface area (Å²) in [5, 5.41) is 0. The molecule has 9 heteroatoms. The van der Waals surface area contributed by atoms with Crippen molar-refractivity contribution in [3.8, 4) is 11.5 Å². The largest absolute Gasteiger partial charge is 0.493 e. The Morgan fingerprint density at radius 1 is 1.23 bits per heavy atom. The second-order valence-electron chi connectivity index (χ2n) is 7.60. The summed E-state index contributed by atoms with van der Waals surface area (Å²) in [5.41, 5.74) is 1.12. The van der Waals surface area contributed by atoms with Crippen LogP contribution in [0.3, 0.4) is 0 Å². The van der Waals surface area contributed by atoms with Crippen molar-refractivity contribution in [1.29, 1.82) is 0 Å². The summed E-state index contributed by atoms with van der Waals surface area (Å²) in [5.74, 6) is -0.133. The van der Waals surface area contributed by atoms with Crippen LogP contribution in [0, 0.1) is 5.82 Å². The van der Waals surface area contributed by atoms with Gasteiger partial charge < -0.3 is 14.2 Å². The average Bonchev–Trinajstić information content (AvgIpc) is 3.17. The van der Waals surface area contributed by atoms with Gasteiger partial charge in [0.15, 0.2) is 16.3 Å². The van der Waals surface area contributed by atoms with Crippen LogP contribution in [0.15, 0.2) is 76.2 Å². The predicted octanol–water partition coefficient (Wildman–Crippen LogP) is 3.12. The van der Waals surface area contributed by atoms with Crippen molar-refractivity contribution in [3.63, 3.8) is 0 Å². The summed E-state index contributed by atoms with van der Waals surface area (Å²) in [4.78, 5) is 31.3.